The van der Waals surface area contributed by atoms with E-state index in [0.717, 1.165) is 11.1 Å². The molecule has 0 saturated carbocycles. The Balaban J connectivity index is 1.83. The fourth-order valence-corrected chi connectivity index (χ4v) is 2.39. The summed E-state index contributed by atoms with van der Waals surface area (Å²) in [6.07, 6.45) is -1.62. The summed E-state index contributed by atoms with van der Waals surface area (Å²) in [4.78, 5) is 47.0. The quantitative estimate of drug-likeness (QED) is 0.587. The van der Waals surface area contributed by atoms with E-state index in [-0.39, 0.29) is 13.0 Å². The number of nitrogens with one attached hydrogen (secondary N) is 1. The third-order valence-corrected chi connectivity index (χ3v) is 3.84. The summed E-state index contributed by atoms with van der Waals surface area (Å²) in [5, 5.41) is 11.2. The standard InChI is InChI=1S/C21H21NO7/c23-18(14-28-20(26)11-15-7-3-1-4-8-15)17(12-19(24)25)22-21(27)29-13-16-9-5-2-6-10-16/h1-10,17H,11-14H2,(H,22,27)(H,24,25)/t17-/m0/s1. The van der Waals surface area contributed by atoms with E-state index >= 15 is 0 Å². The van der Waals surface area contributed by atoms with Crippen LogP contribution in [0.15, 0.2) is 60.7 Å². The van der Waals surface area contributed by atoms with E-state index < -0.39 is 42.9 Å². The summed E-state index contributed by atoms with van der Waals surface area (Å²) in [7, 11) is 0. The number of amides is 1. The molecule has 29 heavy (non-hydrogen) atoms. The maximum Gasteiger partial charge on any atom is 0.408 e. The lowest BCUT2D eigenvalue weighted by molar-refractivity contribution is -0.148. The average Bonchev–Trinajstić information content (AvgIpc) is 2.71. The largest absolute Gasteiger partial charge is 0.481 e. The number of carboxylic acids is 1. The van der Waals surface area contributed by atoms with Gasteiger partial charge in [0.1, 0.15) is 12.6 Å². The van der Waals surface area contributed by atoms with Gasteiger partial charge in [-0.25, -0.2) is 4.79 Å². The minimum atomic E-state index is -1.37. The van der Waals surface area contributed by atoms with Gasteiger partial charge >= 0.3 is 18.0 Å². The number of benzene rings is 2. The molecular weight excluding hydrogens is 378 g/mol. The summed E-state index contributed by atoms with van der Waals surface area (Å²) < 4.78 is 9.90. The van der Waals surface area contributed by atoms with Crippen LogP contribution in [0.4, 0.5) is 4.79 Å². The Kier molecular flexibility index (Phi) is 8.37. The molecule has 0 aliphatic carbocycles. The molecule has 152 valence electrons. The zero-order valence-electron chi connectivity index (χ0n) is 15.6. The second kappa shape index (κ2) is 11.2. The lowest BCUT2D eigenvalue weighted by Crippen LogP contribution is -2.44. The van der Waals surface area contributed by atoms with Crippen LogP contribution in [0, 0.1) is 0 Å². The van der Waals surface area contributed by atoms with Gasteiger partial charge in [-0.1, -0.05) is 60.7 Å². The molecule has 1 amide bonds. The van der Waals surface area contributed by atoms with Gasteiger partial charge in [0.05, 0.1) is 12.8 Å². The molecule has 2 aromatic carbocycles. The van der Waals surface area contributed by atoms with Crippen molar-refractivity contribution < 1.29 is 33.8 Å². The number of esters is 1. The lowest BCUT2D eigenvalue weighted by atomic mass is 10.1. The van der Waals surface area contributed by atoms with Gasteiger partial charge in [-0.15, -0.1) is 0 Å². The zero-order chi connectivity index (χ0) is 21.1. The summed E-state index contributed by atoms with van der Waals surface area (Å²) in [6, 6.07) is 16.3. The monoisotopic (exact) mass is 399 g/mol. The molecule has 0 radical (unpaired) electrons. The van der Waals surface area contributed by atoms with E-state index in [1.807, 2.05) is 6.07 Å². The average molecular weight is 399 g/mol. The smallest absolute Gasteiger partial charge is 0.408 e. The molecule has 0 heterocycles. The predicted octanol–water partition coefficient (Wildman–Crippen LogP) is 2.11. The molecule has 2 N–H and O–H groups in total. The van der Waals surface area contributed by atoms with Gasteiger partial charge in [0, 0.05) is 0 Å². The number of alkyl carbamates (subject to hydrolysis) is 1. The summed E-state index contributed by atoms with van der Waals surface area (Å²) in [5.74, 6) is -2.67. The highest BCUT2D eigenvalue weighted by molar-refractivity contribution is 5.92. The number of ketones is 1. The molecule has 2 rings (SSSR count). The van der Waals surface area contributed by atoms with Gasteiger partial charge in [-0.2, -0.15) is 0 Å². The van der Waals surface area contributed by atoms with E-state index in [2.05, 4.69) is 5.32 Å². The fraction of sp³-hybridized carbons (Fsp3) is 0.238. The van der Waals surface area contributed by atoms with Crippen LogP contribution in [0.3, 0.4) is 0 Å². The minimum absolute atomic E-state index is 0.0235. The first-order valence-corrected chi connectivity index (χ1v) is 8.85. The van der Waals surface area contributed by atoms with Crippen LogP contribution in [0.1, 0.15) is 17.5 Å². The summed E-state index contributed by atoms with van der Waals surface area (Å²) >= 11 is 0. The highest BCUT2D eigenvalue weighted by Crippen LogP contribution is 2.04. The highest BCUT2D eigenvalue weighted by Gasteiger charge is 2.25. The van der Waals surface area contributed by atoms with Gasteiger partial charge < -0.3 is 19.9 Å². The van der Waals surface area contributed by atoms with Gasteiger partial charge in [-0.3, -0.25) is 14.4 Å². The molecule has 0 aliphatic rings. The molecule has 1 atom stereocenters. The number of carboxylic acid groups (broad SMARTS) is 1. The van der Waals surface area contributed by atoms with Crippen molar-refractivity contribution in [3.8, 4) is 0 Å². The molecule has 8 nitrogen and oxygen atoms in total. The van der Waals surface area contributed by atoms with Crippen molar-refractivity contribution in [3.05, 3.63) is 71.8 Å². The first kappa shape index (κ1) is 21.6. The van der Waals surface area contributed by atoms with E-state index in [9.17, 15) is 19.2 Å². The lowest BCUT2D eigenvalue weighted by Gasteiger charge is -2.16. The zero-order valence-corrected chi connectivity index (χ0v) is 15.6. The molecule has 0 aliphatic heterocycles. The van der Waals surface area contributed by atoms with Crippen molar-refractivity contribution in [2.24, 2.45) is 0 Å². The van der Waals surface area contributed by atoms with Gasteiger partial charge in [-0.05, 0) is 11.1 Å². The third-order valence-electron chi connectivity index (χ3n) is 3.84. The van der Waals surface area contributed by atoms with Gasteiger partial charge in [0.25, 0.3) is 0 Å². The van der Waals surface area contributed by atoms with Crippen LogP contribution >= 0.6 is 0 Å². The number of carbonyl (C=O) groups excluding carboxylic acids is 3. The predicted molar refractivity (Wildman–Crippen MR) is 102 cm³/mol. The van der Waals surface area contributed by atoms with Crippen molar-refractivity contribution in [2.45, 2.75) is 25.5 Å². The summed E-state index contributed by atoms with van der Waals surface area (Å²) in [6.45, 7) is -0.685. The Morgan fingerprint density at radius 3 is 2.03 bits per heavy atom. The van der Waals surface area contributed by atoms with Crippen molar-refractivity contribution in [1.29, 1.82) is 0 Å². The first-order chi connectivity index (χ1) is 13.9. The Bertz CT molecular complexity index is 837. The molecule has 0 aromatic heterocycles. The minimum Gasteiger partial charge on any atom is -0.481 e. The van der Waals surface area contributed by atoms with Gasteiger partial charge in [0.2, 0.25) is 0 Å². The van der Waals surface area contributed by atoms with Crippen LogP contribution < -0.4 is 5.32 Å². The van der Waals surface area contributed by atoms with Crippen LogP contribution in [-0.4, -0.2) is 41.6 Å². The molecule has 0 bridgehead atoms. The van der Waals surface area contributed by atoms with Crippen LogP contribution in [0.25, 0.3) is 0 Å². The molecule has 0 fully saturated rings. The number of Topliss-reactive ketones (excluding diaryl/α,β-unsaturated/α-hetero) is 1. The van der Waals surface area contributed by atoms with Crippen molar-refractivity contribution in [2.75, 3.05) is 6.61 Å². The van der Waals surface area contributed by atoms with E-state index in [1.165, 1.54) is 0 Å². The molecule has 2 aromatic rings. The van der Waals surface area contributed by atoms with Crippen LogP contribution in [-0.2, 0) is 36.9 Å². The van der Waals surface area contributed by atoms with Crippen LogP contribution in [0.2, 0.25) is 0 Å². The SMILES string of the molecule is O=C(O)C[C@H](NC(=O)OCc1ccccc1)C(=O)COC(=O)Cc1ccccc1. The first-order valence-electron chi connectivity index (χ1n) is 8.85. The Labute approximate surface area is 167 Å². The third kappa shape index (κ3) is 8.25. The number of ether oxygens (including phenoxy) is 2. The Hall–Kier alpha value is -3.68. The maximum absolute atomic E-state index is 12.2. The fourth-order valence-electron chi connectivity index (χ4n) is 2.39. The van der Waals surface area contributed by atoms with E-state index in [0.29, 0.717) is 0 Å². The molecule has 8 heteroatoms. The number of hydrogen-bond acceptors (Lipinski definition) is 6. The molecular formula is C21H21NO7. The Morgan fingerprint density at radius 2 is 1.45 bits per heavy atom. The highest BCUT2D eigenvalue weighted by atomic mass is 16.5. The molecule has 0 spiro atoms. The number of hydrogen-bond donors (Lipinski definition) is 2. The van der Waals surface area contributed by atoms with Crippen molar-refractivity contribution >= 4 is 23.8 Å². The van der Waals surface area contributed by atoms with Crippen molar-refractivity contribution in [3.63, 3.8) is 0 Å². The van der Waals surface area contributed by atoms with Gasteiger partial charge in [0.15, 0.2) is 12.4 Å². The van der Waals surface area contributed by atoms with E-state index in [4.69, 9.17) is 14.6 Å². The number of carbonyl (C=O) groups is 4. The second-order valence-corrected chi connectivity index (χ2v) is 6.15. The van der Waals surface area contributed by atoms with Crippen molar-refractivity contribution in [1.82, 2.24) is 5.32 Å². The topological polar surface area (TPSA) is 119 Å². The summed E-state index contributed by atoms with van der Waals surface area (Å²) in [5.41, 5.74) is 1.45. The van der Waals surface area contributed by atoms with Crippen LogP contribution in [0.5, 0.6) is 0 Å². The molecule has 0 unspecified atom stereocenters. The maximum atomic E-state index is 12.2. The molecule has 0 saturated heterocycles. The van der Waals surface area contributed by atoms with E-state index in [1.54, 1.807) is 54.6 Å². The second-order valence-electron chi connectivity index (χ2n) is 6.15. The number of rotatable bonds is 10. The Morgan fingerprint density at radius 1 is 0.862 bits per heavy atom. The normalized spacial score (nSPS) is 11.2. The number of aliphatic carboxylic acids is 1.